The average molecular weight is 308 g/mol. The normalized spacial score (nSPS) is 19.3. The monoisotopic (exact) mass is 308 g/mol. The predicted octanol–water partition coefficient (Wildman–Crippen LogP) is 2.13. The number of rotatable bonds is 3. The first-order chi connectivity index (χ1) is 10.7. The Morgan fingerprint density at radius 2 is 1.64 bits per heavy atom. The van der Waals surface area contributed by atoms with Crippen molar-refractivity contribution in [3.63, 3.8) is 0 Å². The summed E-state index contributed by atoms with van der Waals surface area (Å²) in [6, 6.07) is 2.76. The number of nitrogens with zero attached hydrogens (tertiary/aromatic N) is 3. The fraction of sp³-hybridized carbons (Fsp3) is 0.600. The molecule has 2 saturated heterocycles. The molecule has 120 valence electrons. The molecule has 6 nitrogen and oxygen atoms in total. The van der Waals surface area contributed by atoms with E-state index < -0.39 is 10.7 Å². The number of nitro groups is 1. The van der Waals surface area contributed by atoms with Crippen molar-refractivity contribution < 1.29 is 9.31 Å². The van der Waals surface area contributed by atoms with Gasteiger partial charge in [0.2, 0.25) is 0 Å². The lowest BCUT2D eigenvalue weighted by Crippen LogP contribution is -2.43. The van der Waals surface area contributed by atoms with Gasteiger partial charge in [0.25, 0.3) is 5.69 Å². The molecule has 0 radical (unpaired) electrons. The summed E-state index contributed by atoms with van der Waals surface area (Å²) in [5.74, 6) is -0.493. The highest BCUT2D eigenvalue weighted by Gasteiger charge is 2.26. The molecular formula is C15H21FN4O2. The third-order valence-electron chi connectivity index (χ3n) is 4.40. The Morgan fingerprint density at radius 3 is 2.27 bits per heavy atom. The van der Waals surface area contributed by atoms with Crippen molar-refractivity contribution >= 4 is 17.1 Å². The van der Waals surface area contributed by atoms with Gasteiger partial charge in [-0.15, -0.1) is 0 Å². The molecular weight excluding hydrogens is 287 g/mol. The Balaban J connectivity index is 1.98. The summed E-state index contributed by atoms with van der Waals surface area (Å²) in [5.41, 5.74) is 0.896. The van der Waals surface area contributed by atoms with Gasteiger partial charge in [-0.25, -0.2) is 4.39 Å². The first-order valence-corrected chi connectivity index (χ1v) is 7.85. The van der Waals surface area contributed by atoms with E-state index in [1.165, 1.54) is 0 Å². The van der Waals surface area contributed by atoms with Crippen LogP contribution in [0.2, 0.25) is 0 Å². The summed E-state index contributed by atoms with van der Waals surface area (Å²) in [7, 11) is 0. The molecule has 2 aliphatic heterocycles. The number of benzene rings is 1. The molecule has 22 heavy (non-hydrogen) atoms. The first kappa shape index (κ1) is 15.0. The van der Waals surface area contributed by atoms with E-state index in [1.54, 1.807) is 6.07 Å². The smallest absolute Gasteiger partial charge is 0.295 e. The van der Waals surface area contributed by atoms with Crippen LogP contribution in [0.5, 0.6) is 0 Å². The van der Waals surface area contributed by atoms with E-state index in [-0.39, 0.29) is 5.69 Å². The molecule has 2 heterocycles. The SMILES string of the molecule is O=[N+]([O-])c1cc(F)c(N2CCCCC2)cc1N1CCNCC1. The molecule has 7 heteroatoms. The summed E-state index contributed by atoms with van der Waals surface area (Å²) >= 11 is 0. The summed E-state index contributed by atoms with van der Waals surface area (Å²) in [6.45, 7) is 4.60. The van der Waals surface area contributed by atoms with Crippen LogP contribution in [0.4, 0.5) is 21.5 Å². The fourth-order valence-electron chi connectivity index (χ4n) is 3.22. The van der Waals surface area contributed by atoms with Crippen LogP contribution in [0.25, 0.3) is 0 Å². The largest absolute Gasteiger partial charge is 0.369 e. The second-order valence-electron chi connectivity index (χ2n) is 5.83. The molecule has 2 fully saturated rings. The van der Waals surface area contributed by atoms with E-state index in [2.05, 4.69) is 5.32 Å². The number of anilines is 2. The molecule has 0 unspecified atom stereocenters. The highest BCUT2D eigenvalue weighted by molar-refractivity contribution is 5.71. The maximum Gasteiger partial charge on any atom is 0.295 e. The third kappa shape index (κ3) is 2.99. The van der Waals surface area contributed by atoms with Crippen LogP contribution < -0.4 is 15.1 Å². The molecule has 2 aliphatic rings. The maximum absolute atomic E-state index is 14.4. The summed E-state index contributed by atoms with van der Waals surface area (Å²) in [5, 5.41) is 14.5. The van der Waals surface area contributed by atoms with Gasteiger partial charge in [-0.1, -0.05) is 0 Å². The maximum atomic E-state index is 14.4. The fourth-order valence-corrected chi connectivity index (χ4v) is 3.22. The van der Waals surface area contributed by atoms with E-state index in [1.807, 2.05) is 9.80 Å². The molecule has 0 aromatic heterocycles. The standard InChI is InChI=1S/C15H21FN4O2/c16-12-10-15(20(21)22)14(19-8-4-17-5-9-19)11-13(12)18-6-2-1-3-7-18/h10-11,17H,1-9H2. The molecule has 0 aliphatic carbocycles. The van der Waals surface area contributed by atoms with Gasteiger partial charge in [-0.05, 0) is 25.3 Å². The number of nitrogens with one attached hydrogen (secondary N) is 1. The zero-order valence-electron chi connectivity index (χ0n) is 12.6. The number of halogens is 1. The van der Waals surface area contributed by atoms with E-state index >= 15 is 0 Å². The van der Waals surface area contributed by atoms with Gasteiger partial charge in [-0.2, -0.15) is 0 Å². The van der Waals surface area contributed by atoms with Crippen molar-refractivity contribution in [2.45, 2.75) is 19.3 Å². The van der Waals surface area contributed by atoms with Gasteiger partial charge in [0.15, 0.2) is 5.82 Å². The molecule has 1 aromatic rings. The third-order valence-corrected chi connectivity index (χ3v) is 4.40. The second-order valence-corrected chi connectivity index (χ2v) is 5.83. The molecule has 0 amide bonds. The van der Waals surface area contributed by atoms with Gasteiger partial charge >= 0.3 is 0 Å². The van der Waals surface area contributed by atoms with Crippen molar-refractivity contribution in [2.24, 2.45) is 0 Å². The molecule has 0 bridgehead atoms. The van der Waals surface area contributed by atoms with E-state index in [0.717, 1.165) is 51.5 Å². The van der Waals surface area contributed by atoms with E-state index in [9.17, 15) is 14.5 Å². The molecule has 1 N–H and O–H groups in total. The molecule has 3 rings (SSSR count). The summed E-state index contributed by atoms with van der Waals surface area (Å²) < 4.78 is 14.4. The zero-order valence-corrected chi connectivity index (χ0v) is 12.6. The highest BCUT2D eigenvalue weighted by Crippen LogP contribution is 2.36. The Hall–Kier alpha value is -1.89. The lowest BCUT2D eigenvalue weighted by Gasteiger charge is -2.32. The average Bonchev–Trinajstić information content (AvgIpc) is 2.56. The van der Waals surface area contributed by atoms with E-state index in [0.29, 0.717) is 24.5 Å². The van der Waals surface area contributed by atoms with E-state index in [4.69, 9.17) is 0 Å². The van der Waals surface area contributed by atoms with Crippen molar-refractivity contribution in [1.29, 1.82) is 0 Å². The van der Waals surface area contributed by atoms with Crippen LogP contribution in [0.15, 0.2) is 12.1 Å². The Morgan fingerprint density at radius 1 is 1.00 bits per heavy atom. The van der Waals surface area contributed by atoms with Crippen LogP contribution in [0.3, 0.4) is 0 Å². The second kappa shape index (κ2) is 6.48. The van der Waals surface area contributed by atoms with Gasteiger partial charge < -0.3 is 15.1 Å². The molecule has 0 spiro atoms. The van der Waals surface area contributed by atoms with Crippen molar-refractivity contribution in [2.75, 3.05) is 49.1 Å². The predicted molar refractivity (Wildman–Crippen MR) is 84.2 cm³/mol. The van der Waals surface area contributed by atoms with Crippen molar-refractivity contribution in [3.05, 3.63) is 28.1 Å². The summed E-state index contributed by atoms with van der Waals surface area (Å²) in [6.07, 6.45) is 3.24. The first-order valence-electron chi connectivity index (χ1n) is 7.85. The highest BCUT2D eigenvalue weighted by atomic mass is 19.1. The van der Waals surface area contributed by atoms with Crippen LogP contribution in [-0.4, -0.2) is 44.2 Å². The number of piperazine rings is 1. The molecule has 1 aromatic carbocycles. The van der Waals surface area contributed by atoms with Crippen molar-refractivity contribution in [1.82, 2.24) is 5.32 Å². The number of hydrogen-bond acceptors (Lipinski definition) is 5. The quantitative estimate of drug-likeness (QED) is 0.685. The number of hydrogen-bond donors (Lipinski definition) is 1. The Bertz CT molecular complexity index is 555. The Labute approximate surface area is 129 Å². The summed E-state index contributed by atoms with van der Waals surface area (Å²) in [4.78, 5) is 14.8. The van der Waals surface area contributed by atoms with Gasteiger partial charge in [0.05, 0.1) is 16.7 Å². The minimum Gasteiger partial charge on any atom is -0.369 e. The van der Waals surface area contributed by atoms with Crippen LogP contribution >= 0.6 is 0 Å². The van der Waals surface area contributed by atoms with Crippen LogP contribution in [0.1, 0.15) is 19.3 Å². The molecule has 0 atom stereocenters. The van der Waals surface area contributed by atoms with Crippen LogP contribution in [0, 0.1) is 15.9 Å². The minimum absolute atomic E-state index is 0.139. The topological polar surface area (TPSA) is 61.7 Å². The number of piperidine rings is 1. The van der Waals surface area contributed by atoms with Gasteiger partial charge in [0.1, 0.15) is 5.69 Å². The lowest BCUT2D eigenvalue weighted by molar-refractivity contribution is -0.384. The minimum atomic E-state index is -0.493. The number of nitro benzene ring substituents is 1. The lowest BCUT2D eigenvalue weighted by atomic mass is 10.1. The molecule has 0 saturated carbocycles. The van der Waals surface area contributed by atoms with Crippen LogP contribution in [-0.2, 0) is 0 Å². The van der Waals surface area contributed by atoms with Gasteiger partial charge in [0, 0.05) is 39.3 Å². The Kier molecular flexibility index (Phi) is 4.42. The van der Waals surface area contributed by atoms with Gasteiger partial charge in [-0.3, -0.25) is 10.1 Å². The zero-order chi connectivity index (χ0) is 15.5. The van der Waals surface area contributed by atoms with Crippen molar-refractivity contribution in [3.8, 4) is 0 Å².